The van der Waals surface area contributed by atoms with Crippen LogP contribution >= 0.6 is 0 Å². The molecule has 22 heavy (non-hydrogen) atoms. The molecule has 1 amide bonds. The number of piperidine rings is 1. The molecule has 0 aromatic heterocycles. The molecule has 1 saturated heterocycles. The fraction of sp³-hybridized carbons (Fsp3) is 0.611. The summed E-state index contributed by atoms with van der Waals surface area (Å²) in [7, 11) is 0. The second kappa shape index (κ2) is 5.92. The third-order valence-electron chi connectivity index (χ3n) is 5.21. The number of carbonyl (C=O) groups is 1. The van der Waals surface area contributed by atoms with Gasteiger partial charge in [0.15, 0.2) is 0 Å². The van der Waals surface area contributed by atoms with Gasteiger partial charge < -0.3 is 15.3 Å². The zero-order chi connectivity index (χ0) is 15.7. The van der Waals surface area contributed by atoms with E-state index in [1.54, 1.807) is 0 Å². The third kappa shape index (κ3) is 3.12. The molecule has 1 aliphatic carbocycles. The number of hydrogen-bond donors (Lipinski definition) is 2. The molecule has 120 valence electrons. The van der Waals surface area contributed by atoms with E-state index in [1.165, 1.54) is 0 Å². The fourth-order valence-corrected chi connectivity index (χ4v) is 3.35. The van der Waals surface area contributed by atoms with Crippen molar-refractivity contribution in [2.24, 2.45) is 17.3 Å². The summed E-state index contributed by atoms with van der Waals surface area (Å²) in [6, 6.07) is 8.05. The smallest absolute Gasteiger partial charge is 0.228 e. The molecule has 1 atom stereocenters. The van der Waals surface area contributed by atoms with Gasteiger partial charge >= 0.3 is 0 Å². The molecule has 0 bridgehead atoms. The van der Waals surface area contributed by atoms with Crippen molar-refractivity contribution in [2.45, 2.75) is 33.1 Å². The number of nitrogens with zero attached hydrogens (tertiary/aromatic N) is 1. The van der Waals surface area contributed by atoms with Crippen LogP contribution in [0.25, 0.3) is 0 Å². The van der Waals surface area contributed by atoms with Crippen molar-refractivity contribution >= 4 is 17.3 Å². The Kier molecular flexibility index (Phi) is 4.13. The summed E-state index contributed by atoms with van der Waals surface area (Å²) in [6.45, 7) is 6.44. The number of benzene rings is 1. The summed E-state index contributed by atoms with van der Waals surface area (Å²) in [5.41, 5.74) is 2.17. The second-order valence-electron chi connectivity index (χ2n) is 7.36. The van der Waals surface area contributed by atoms with Crippen LogP contribution in [-0.4, -0.2) is 30.7 Å². The Bertz CT molecular complexity index is 548. The van der Waals surface area contributed by atoms with Crippen LogP contribution in [0.1, 0.15) is 33.1 Å². The lowest BCUT2D eigenvalue weighted by Gasteiger charge is -2.34. The molecule has 3 rings (SSSR count). The summed E-state index contributed by atoms with van der Waals surface area (Å²) < 4.78 is 0. The van der Waals surface area contributed by atoms with E-state index in [0.717, 1.165) is 43.7 Å². The maximum Gasteiger partial charge on any atom is 0.228 e. The molecule has 1 unspecified atom stereocenters. The largest absolute Gasteiger partial charge is 0.396 e. The van der Waals surface area contributed by atoms with E-state index in [1.807, 2.05) is 18.2 Å². The first kappa shape index (κ1) is 15.3. The summed E-state index contributed by atoms with van der Waals surface area (Å²) in [5.74, 6) is 0.702. The molecule has 1 saturated carbocycles. The Balaban J connectivity index is 1.69. The molecular formula is C18H26N2O2. The van der Waals surface area contributed by atoms with Crippen LogP contribution in [0.5, 0.6) is 0 Å². The van der Waals surface area contributed by atoms with Gasteiger partial charge in [-0.25, -0.2) is 0 Å². The quantitative estimate of drug-likeness (QED) is 0.899. The number of para-hydroxylation sites is 2. The summed E-state index contributed by atoms with van der Waals surface area (Å²) >= 11 is 0. The Morgan fingerprint density at radius 2 is 1.95 bits per heavy atom. The maximum atomic E-state index is 12.4. The van der Waals surface area contributed by atoms with Crippen molar-refractivity contribution in [1.82, 2.24) is 0 Å². The summed E-state index contributed by atoms with van der Waals surface area (Å²) in [4.78, 5) is 14.7. The molecule has 2 N–H and O–H groups in total. The number of carbonyl (C=O) groups excluding carboxylic acids is 1. The molecule has 0 radical (unpaired) electrons. The van der Waals surface area contributed by atoms with Gasteiger partial charge in [0.1, 0.15) is 0 Å². The Hall–Kier alpha value is -1.55. The first-order chi connectivity index (χ1) is 10.5. The van der Waals surface area contributed by atoms with Gasteiger partial charge in [-0.1, -0.05) is 26.0 Å². The van der Waals surface area contributed by atoms with Gasteiger partial charge in [0.2, 0.25) is 5.91 Å². The lowest BCUT2D eigenvalue weighted by Crippen LogP contribution is -2.35. The van der Waals surface area contributed by atoms with E-state index < -0.39 is 0 Å². The average Bonchev–Trinajstić information content (AvgIpc) is 3.17. The van der Waals surface area contributed by atoms with Crippen molar-refractivity contribution in [3.8, 4) is 0 Å². The lowest BCUT2D eigenvalue weighted by atomic mass is 9.97. The Labute approximate surface area is 132 Å². The minimum Gasteiger partial charge on any atom is -0.396 e. The lowest BCUT2D eigenvalue weighted by molar-refractivity contribution is -0.117. The van der Waals surface area contributed by atoms with E-state index in [0.29, 0.717) is 5.92 Å². The van der Waals surface area contributed by atoms with Crippen molar-refractivity contribution in [3.05, 3.63) is 24.3 Å². The van der Waals surface area contributed by atoms with Crippen molar-refractivity contribution in [2.75, 3.05) is 29.9 Å². The van der Waals surface area contributed by atoms with Gasteiger partial charge in [-0.05, 0) is 42.7 Å². The zero-order valence-corrected chi connectivity index (χ0v) is 13.5. The Morgan fingerprint density at radius 3 is 2.55 bits per heavy atom. The van der Waals surface area contributed by atoms with Crippen molar-refractivity contribution in [3.63, 3.8) is 0 Å². The molecule has 2 fully saturated rings. The third-order valence-corrected chi connectivity index (χ3v) is 5.21. The average molecular weight is 302 g/mol. The predicted molar refractivity (Wildman–Crippen MR) is 89.0 cm³/mol. The number of anilines is 2. The minimum atomic E-state index is 0.140. The van der Waals surface area contributed by atoms with Crippen molar-refractivity contribution < 1.29 is 9.90 Å². The van der Waals surface area contributed by atoms with Crippen LogP contribution in [0.3, 0.4) is 0 Å². The number of aliphatic hydroxyl groups excluding tert-OH is 1. The number of nitrogens with one attached hydrogen (secondary N) is 1. The number of hydrogen-bond acceptors (Lipinski definition) is 3. The number of amides is 1. The first-order valence-electron chi connectivity index (χ1n) is 8.27. The van der Waals surface area contributed by atoms with Gasteiger partial charge in [0.05, 0.1) is 11.4 Å². The number of rotatable bonds is 4. The van der Waals surface area contributed by atoms with Crippen LogP contribution in [0.15, 0.2) is 24.3 Å². The second-order valence-corrected chi connectivity index (χ2v) is 7.36. The van der Waals surface area contributed by atoms with Gasteiger partial charge in [-0.3, -0.25) is 4.79 Å². The highest BCUT2D eigenvalue weighted by Gasteiger charge is 2.50. The van der Waals surface area contributed by atoms with E-state index in [2.05, 4.69) is 30.1 Å². The van der Waals surface area contributed by atoms with Crippen LogP contribution in [0, 0.1) is 17.3 Å². The van der Waals surface area contributed by atoms with Crippen LogP contribution in [-0.2, 0) is 4.79 Å². The van der Waals surface area contributed by atoms with Gasteiger partial charge in [-0.15, -0.1) is 0 Å². The monoisotopic (exact) mass is 302 g/mol. The van der Waals surface area contributed by atoms with Gasteiger partial charge in [0, 0.05) is 25.6 Å². The summed E-state index contributed by atoms with van der Waals surface area (Å²) in [6.07, 6.45) is 2.99. The maximum absolute atomic E-state index is 12.4. The molecule has 4 heteroatoms. The van der Waals surface area contributed by atoms with E-state index >= 15 is 0 Å². The standard InChI is InChI=1S/C18H26N2O2/c1-18(2)11-14(18)17(22)19-15-5-3-4-6-16(15)20-9-7-13(12-21)8-10-20/h3-6,13-14,21H,7-12H2,1-2H3,(H,19,22). The molecular weight excluding hydrogens is 276 g/mol. The van der Waals surface area contributed by atoms with Gasteiger partial charge in [0.25, 0.3) is 0 Å². The minimum absolute atomic E-state index is 0.140. The molecule has 1 aromatic carbocycles. The predicted octanol–water partition coefficient (Wildman–Crippen LogP) is 2.88. The molecule has 4 nitrogen and oxygen atoms in total. The normalized spacial score (nSPS) is 24.1. The highest BCUT2D eigenvalue weighted by molar-refractivity contribution is 5.97. The van der Waals surface area contributed by atoms with Crippen LogP contribution < -0.4 is 10.2 Å². The highest BCUT2D eigenvalue weighted by atomic mass is 16.3. The van der Waals surface area contributed by atoms with Crippen molar-refractivity contribution in [1.29, 1.82) is 0 Å². The van der Waals surface area contributed by atoms with E-state index in [9.17, 15) is 9.90 Å². The Morgan fingerprint density at radius 1 is 1.32 bits per heavy atom. The SMILES string of the molecule is CC1(C)CC1C(=O)Nc1ccccc1N1CCC(CO)CC1. The van der Waals surface area contributed by atoms with Gasteiger partial charge in [-0.2, -0.15) is 0 Å². The van der Waals surface area contributed by atoms with Crippen LogP contribution in [0.4, 0.5) is 11.4 Å². The molecule has 1 aromatic rings. The molecule has 0 spiro atoms. The molecule has 1 heterocycles. The summed E-state index contributed by atoms with van der Waals surface area (Å²) in [5, 5.41) is 12.4. The highest BCUT2D eigenvalue weighted by Crippen LogP contribution is 2.52. The fourth-order valence-electron chi connectivity index (χ4n) is 3.35. The molecule has 2 aliphatic rings. The van der Waals surface area contributed by atoms with Crippen LogP contribution in [0.2, 0.25) is 0 Å². The topological polar surface area (TPSA) is 52.6 Å². The first-order valence-corrected chi connectivity index (χ1v) is 8.27. The number of aliphatic hydroxyl groups is 1. The zero-order valence-electron chi connectivity index (χ0n) is 13.5. The van der Waals surface area contributed by atoms with E-state index in [-0.39, 0.29) is 23.8 Å². The molecule has 1 aliphatic heterocycles. The van der Waals surface area contributed by atoms with E-state index in [4.69, 9.17) is 0 Å².